The minimum atomic E-state index is 0.124. The first-order valence-corrected chi connectivity index (χ1v) is 7.57. The van der Waals surface area contributed by atoms with Crippen molar-refractivity contribution in [3.05, 3.63) is 84.4 Å². The quantitative estimate of drug-likeness (QED) is 0.596. The average molecular weight is 288 g/mol. The Labute approximate surface area is 132 Å². The van der Waals surface area contributed by atoms with Crippen LogP contribution in [0.2, 0.25) is 0 Å². The van der Waals surface area contributed by atoms with Crippen LogP contribution in [0.4, 0.5) is 0 Å². The molecule has 110 valence electrons. The molecule has 3 rings (SSSR count). The van der Waals surface area contributed by atoms with Crippen LogP contribution in [0.1, 0.15) is 18.6 Å². The van der Waals surface area contributed by atoms with Crippen molar-refractivity contribution in [3.63, 3.8) is 0 Å². The van der Waals surface area contributed by atoms with E-state index in [0.717, 1.165) is 0 Å². The van der Waals surface area contributed by atoms with Gasteiger partial charge in [0, 0.05) is 7.11 Å². The lowest BCUT2D eigenvalue weighted by atomic mass is 9.94. The van der Waals surface area contributed by atoms with Gasteiger partial charge >= 0.3 is 0 Å². The molecule has 0 saturated heterocycles. The number of ether oxygens (including phenoxy) is 1. The van der Waals surface area contributed by atoms with Gasteiger partial charge < -0.3 is 4.74 Å². The van der Waals surface area contributed by atoms with Crippen LogP contribution in [0.5, 0.6) is 0 Å². The first kappa shape index (κ1) is 14.6. The SMILES string of the molecule is COC(C)c1ccc(-c2ccccc2-c2ccccc2)cc1. The molecule has 0 aliphatic carbocycles. The van der Waals surface area contributed by atoms with E-state index in [1.165, 1.54) is 27.8 Å². The topological polar surface area (TPSA) is 9.23 Å². The highest BCUT2D eigenvalue weighted by Crippen LogP contribution is 2.32. The molecule has 0 aliphatic heterocycles. The molecule has 0 amide bonds. The molecule has 0 aliphatic rings. The second kappa shape index (κ2) is 6.59. The zero-order chi connectivity index (χ0) is 15.4. The summed E-state index contributed by atoms with van der Waals surface area (Å²) in [6.45, 7) is 2.06. The Kier molecular flexibility index (Phi) is 4.36. The van der Waals surface area contributed by atoms with Gasteiger partial charge in [0.05, 0.1) is 6.10 Å². The van der Waals surface area contributed by atoms with Crippen LogP contribution in [0.3, 0.4) is 0 Å². The van der Waals surface area contributed by atoms with E-state index < -0.39 is 0 Å². The molecular formula is C21H20O. The van der Waals surface area contributed by atoms with E-state index >= 15 is 0 Å². The van der Waals surface area contributed by atoms with Crippen LogP contribution in [0.25, 0.3) is 22.3 Å². The minimum absolute atomic E-state index is 0.124. The van der Waals surface area contributed by atoms with Gasteiger partial charge in [-0.2, -0.15) is 0 Å². The van der Waals surface area contributed by atoms with Crippen LogP contribution < -0.4 is 0 Å². The van der Waals surface area contributed by atoms with E-state index in [2.05, 4.69) is 79.7 Å². The Morgan fingerprint density at radius 3 is 1.68 bits per heavy atom. The van der Waals surface area contributed by atoms with Crippen molar-refractivity contribution in [2.45, 2.75) is 13.0 Å². The fraction of sp³-hybridized carbons (Fsp3) is 0.143. The molecule has 3 aromatic rings. The highest BCUT2D eigenvalue weighted by atomic mass is 16.5. The summed E-state index contributed by atoms with van der Waals surface area (Å²) in [5.41, 5.74) is 6.18. The first-order chi connectivity index (χ1) is 10.8. The van der Waals surface area contributed by atoms with Gasteiger partial charge in [0.25, 0.3) is 0 Å². The van der Waals surface area contributed by atoms with Gasteiger partial charge in [0.2, 0.25) is 0 Å². The smallest absolute Gasteiger partial charge is 0.0793 e. The molecule has 0 bridgehead atoms. The van der Waals surface area contributed by atoms with Gasteiger partial charge in [-0.1, -0.05) is 78.9 Å². The Balaban J connectivity index is 2.02. The normalized spacial score (nSPS) is 12.1. The third-order valence-corrected chi connectivity index (χ3v) is 4.06. The third kappa shape index (κ3) is 2.95. The van der Waals surface area contributed by atoms with E-state index in [9.17, 15) is 0 Å². The largest absolute Gasteiger partial charge is 0.377 e. The summed E-state index contributed by atoms with van der Waals surface area (Å²) in [5.74, 6) is 0. The summed E-state index contributed by atoms with van der Waals surface area (Å²) >= 11 is 0. The second-order valence-electron chi connectivity index (χ2n) is 5.41. The second-order valence-corrected chi connectivity index (χ2v) is 5.41. The highest BCUT2D eigenvalue weighted by molar-refractivity contribution is 5.83. The summed E-state index contributed by atoms with van der Waals surface area (Å²) in [6, 6.07) is 27.7. The average Bonchev–Trinajstić information content (AvgIpc) is 2.62. The minimum Gasteiger partial charge on any atom is -0.377 e. The van der Waals surface area contributed by atoms with Crippen molar-refractivity contribution in [1.82, 2.24) is 0 Å². The number of rotatable bonds is 4. The van der Waals surface area contributed by atoms with Crippen LogP contribution in [0, 0.1) is 0 Å². The van der Waals surface area contributed by atoms with Crippen molar-refractivity contribution in [3.8, 4) is 22.3 Å². The Hall–Kier alpha value is -2.38. The summed E-state index contributed by atoms with van der Waals surface area (Å²) < 4.78 is 5.37. The van der Waals surface area contributed by atoms with E-state index in [0.29, 0.717) is 0 Å². The monoisotopic (exact) mass is 288 g/mol. The van der Waals surface area contributed by atoms with Crippen LogP contribution in [-0.4, -0.2) is 7.11 Å². The van der Waals surface area contributed by atoms with Crippen molar-refractivity contribution in [2.75, 3.05) is 7.11 Å². The van der Waals surface area contributed by atoms with Gasteiger partial charge in [0.1, 0.15) is 0 Å². The molecule has 0 fully saturated rings. The maximum absolute atomic E-state index is 5.37. The van der Waals surface area contributed by atoms with Gasteiger partial charge in [-0.25, -0.2) is 0 Å². The Morgan fingerprint density at radius 1 is 0.636 bits per heavy atom. The predicted molar refractivity (Wildman–Crippen MR) is 92.7 cm³/mol. The summed E-state index contributed by atoms with van der Waals surface area (Å²) in [7, 11) is 1.74. The fourth-order valence-corrected chi connectivity index (χ4v) is 2.67. The van der Waals surface area contributed by atoms with Gasteiger partial charge in [-0.3, -0.25) is 0 Å². The maximum Gasteiger partial charge on any atom is 0.0793 e. The summed E-state index contributed by atoms with van der Waals surface area (Å²) in [4.78, 5) is 0. The van der Waals surface area contributed by atoms with Crippen LogP contribution in [0.15, 0.2) is 78.9 Å². The molecule has 0 heterocycles. The zero-order valence-electron chi connectivity index (χ0n) is 13.0. The number of methoxy groups -OCH3 is 1. The molecule has 3 aromatic carbocycles. The molecule has 0 spiro atoms. The highest BCUT2D eigenvalue weighted by Gasteiger charge is 2.08. The lowest BCUT2D eigenvalue weighted by molar-refractivity contribution is 0.119. The van der Waals surface area contributed by atoms with Gasteiger partial charge in [-0.15, -0.1) is 0 Å². The van der Waals surface area contributed by atoms with E-state index in [4.69, 9.17) is 4.74 Å². The van der Waals surface area contributed by atoms with Crippen molar-refractivity contribution in [2.24, 2.45) is 0 Å². The van der Waals surface area contributed by atoms with Gasteiger partial charge in [-0.05, 0) is 34.7 Å². The number of benzene rings is 3. The lowest BCUT2D eigenvalue weighted by Gasteiger charge is -2.13. The van der Waals surface area contributed by atoms with Crippen molar-refractivity contribution >= 4 is 0 Å². The molecule has 1 unspecified atom stereocenters. The molecule has 1 nitrogen and oxygen atoms in total. The molecule has 0 radical (unpaired) electrons. The molecule has 0 saturated carbocycles. The summed E-state index contributed by atoms with van der Waals surface area (Å²) in [6.07, 6.45) is 0.124. The fourth-order valence-electron chi connectivity index (χ4n) is 2.67. The summed E-state index contributed by atoms with van der Waals surface area (Å²) in [5, 5.41) is 0. The Bertz CT molecular complexity index is 729. The van der Waals surface area contributed by atoms with E-state index in [1.54, 1.807) is 7.11 Å². The van der Waals surface area contributed by atoms with Crippen LogP contribution in [-0.2, 0) is 4.74 Å². The molecular weight excluding hydrogens is 268 g/mol. The predicted octanol–water partition coefficient (Wildman–Crippen LogP) is 5.73. The first-order valence-electron chi connectivity index (χ1n) is 7.57. The molecule has 1 heteroatoms. The van der Waals surface area contributed by atoms with Crippen molar-refractivity contribution < 1.29 is 4.74 Å². The Morgan fingerprint density at radius 2 is 1.14 bits per heavy atom. The van der Waals surface area contributed by atoms with E-state index in [1.807, 2.05) is 6.07 Å². The number of hydrogen-bond acceptors (Lipinski definition) is 1. The van der Waals surface area contributed by atoms with Gasteiger partial charge in [0.15, 0.2) is 0 Å². The lowest BCUT2D eigenvalue weighted by Crippen LogP contribution is -1.95. The maximum atomic E-state index is 5.37. The number of hydrogen-bond donors (Lipinski definition) is 0. The standard InChI is InChI=1S/C21H20O/c1-16(22-2)17-12-14-19(15-13-17)21-11-7-6-10-20(21)18-8-4-3-5-9-18/h3-16H,1-2H3. The molecule has 0 aromatic heterocycles. The van der Waals surface area contributed by atoms with E-state index in [-0.39, 0.29) is 6.10 Å². The van der Waals surface area contributed by atoms with Crippen LogP contribution >= 0.6 is 0 Å². The third-order valence-electron chi connectivity index (χ3n) is 4.06. The van der Waals surface area contributed by atoms with Crippen molar-refractivity contribution in [1.29, 1.82) is 0 Å². The zero-order valence-corrected chi connectivity index (χ0v) is 13.0. The molecule has 0 N–H and O–H groups in total. The molecule has 22 heavy (non-hydrogen) atoms. The molecule has 1 atom stereocenters.